The minimum absolute atomic E-state index is 0.279. The Morgan fingerprint density at radius 2 is 2.07 bits per heavy atom. The van der Waals surface area contributed by atoms with Crippen molar-refractivity contribution < 1.29 is 9.47 Å². The van der Waals surface area contributed by atoms with Gasteiger partial charge in [-0.1, -0.05) is 30.3 Å². The zero-order valence-electron chi connectivity index (χ0n) is 8.69. The van der Waals surface area contributed by atoms with E-state index in [1.807, 2.05) is 37.3 Å². The third kappa shape index (κ3) is 2.28. The first kappa shape index (κ1) is 9.99. The smallest absolute Gasteiger partial charge is 0.189 e. The van der Waals surface area contributed by atoms with Gasteiger partial charge in [-0.2, -0.15) is 0 Å². The van der Waals surface area contributed by atoms with Crippen molar-refractivity contribution in [1.82, 2.24) is 0 Å². The summed E-state index contributed by atoms with van der Waals surface area (Å²) in [6.07, 6.45) is 0. The average molecular weight is 201 g/mol. The summed E-state index contributed by atoms with van der Waals surface area (Å²) in [5.74, 6) is 0.751. The third-order valence-corrected chi connectivity index (χ3v) is 2.17. The maximum atomic E-state index is 5.48. The Morgan fingerprint density at radius 3 is 2.93 bits per heavy atom. The van der Waals surface area contributed by atoms with Gasteiger partial charge < -0.3 is 9.47 Å². The van der Waals surface area contributed by atoms with Gasteiger partial charge in [-0.25, -0.2) is 0 Å². The van der Waals surface area contributed by atoms with E-state index in [1.165, 1.54) is 0 Å². The fourth-order valence-electron chi connectivity index (χ4n) is 1.44. The summed E-state index contributed by atoms with van der Waals surface area (Å²) < 4.78 is 10.6. The van der Waals surface area contributed by atoms with E-state index in [4.69, 9.17) is 9.47 Å². The van der Waals surface area contributed by atoms with E-state index in [9.17, 15) is 0 Å². The average Bonchev–Trinajstić information content (AvgIpc) is 2.30. The fraction of sp³-hybridized carbons (Fsp3) is 0.231. The van der Waals surface area contributed by atoms with Gasteiger partial charge in [0.15, 0.2) is 6.79 Å². The van der Waals surface area contributed by atoms with Crippen LogP contribution in [0.3, 0.4) is 0 Å². The van der Waals surface area contributed by atoms with Crippen molar-refractivity contribution in [2.24, 2.45) is 0 Å². The molecule has 0 aliphatic rings. The van der Waals surface area contributed by atoms with Crippen LogP contribution in [0.5, 0.6) is 5.75 Å². The van der Waals surface area contributed by atoms with Crippen LogP contribution in [0.1, 0.15) is 6.92 Å². The molecule has 0 spiro atoms. The highest BCUT2D eigenvalue weighted by molar-refractivity contribution is 5.87. The highest BCUT2D eigenvalue weighted by atomic mass is 16.7. The molecule has 0 N–H and O–H groups in total. The third-order valence-electron chi connectivity index (χ3n) is 2.17. The summed E-state index contributed by atoms with van der Waals surface area (Å²) in [6, 6.07) is 15.0. The lowest BCUT2D eigenvalue weighted by Gasteiger charge is -2.08. The van der Waals surface area contributed by atoms with Crippen LogP contribution in [-0.4, -0.2) is 13.4 Å². The number of hydrogen-bond acceptors (Lipinski definition) is 2. The van der Waals surface area contributed by atoms with Crippen LogP contribution in [0.2, 0.25) is 0 Å². The van der Waals surface area contributed by atoms with Crippen LogP contribution in [0, 0.1) is 6.07 Å². The molecule has 0 aliphatic carbocycles. The molecule has 2 aromatic carbocycles. The molecule has 0 fully saturated rings. The molecule has 2 nitrogen and oxygen atoms in total. The van der Waals surface area contributed by atoms with Gasteiger partial charge in [-0.05, 0) is 18.4 Å². The topological polar surface area (TPSA) is 18.5 Å². The molecule has 0 unspecified atom stereocenters. The minimum atomic E-state index is 0.279. The Bertz CT molecular complexity index is 432. The van der Waals surface area contributed by atoms with E-state index in [1.54, 1.807) is 0 Å². The number of hydrogen-bond donors (Lipinski definition) is 0. The second-order valence-electron chi connectivity index (χ2n) is 3.15. The van der Waals surface area contributed by atoms with Crippen molar-refractivity contribution in [3.63, 3.8) is 0 Å². The Balaban J connectivity index is 2.26. The van der Waals surface area contributed by atoms with Gasteiger partial charge in [0.1, 0.15) is 5.75 Å². The molecule has 15 heavy (non-hydrogen) atoms. The highest BCUT2D eigenvalue weighted by Crippen LogP contribution is 2.24. The Labute approximate surface area is 89.4 Å². The quantitative estimate of drug-likeness (QED) is 0.559. The maximum Gasteiger partial charge on any atom is 0.189 e. The Morgan fingerprint density at radius 1 is 1.20 bits per heavy atom. The molecule has 0 saturated heterocycles. The first-order valence-electron chi connectivity index (χ1n) is 5.02. The molecule has 0 aromatic heterocycles. The minimum Gasteiger partial charge on any atom is -0.466 e. The molecule has 0 saturated carbocycles. The summed E-state index contributed by atoms with van der Waals surface area (Å²) >= 11 is 0. The molecule has 0 bridgehead atoms. The predicted molar refractivity (Wildman–Crippen MR) is 59.9 cm³/mol. The number of rotatable bonds is 4. The van der Waals surface area contributed by atoms with Crippen molar-refractivity contribution in [2.45, 2.75) is 6.92 Å². The monoisotopic (exact) mass is 201 g/mol. The summed E-state index contributed by atoms with van der Waals surface area (Å²) in [7, 11) is 0. The van der Waals surface area contributed by atoms with Gasteiger partial charge >= 0.3 is 0 Å². The van der Waals surface area contributed by atoms with E-state index >= 15 is 0 Å². The summed E-state index contributed by atoms with van der Waals surface area (Å²) in [4.78, 5) is 0. The highest BCUT2D eigenvalue weighted by Gasteiger charge is 2.00. The molecule has 2 aromatic rings. The molecular weight excluding hydrogens is 188 g/mol. The molecule has 0 aliphatic heterocycles. The normalized spacial score (nSPS) is 10.5. The van der Waals surface area contributed by atoms with Gasteiger partial charge in [0, 0.05) is 18.1 Å². The first-order valence-corrected chi connectivity index (χ1v) is 5.02. The van der Waals surface area contributed by atoms with Crippen LogP contribution in [0.15, 0.2) is 36.4 Å². The summed E-state index contributed by atoms with van der Waals surface area (Å²) in [5, 5.41) is 2.22. The van der Waals surface area contributed by atoms with E-state index in [0.29, 0.717) is 6.61 Å². The van der Waals surface area contributed by atoms with Crippen molar-refractivity contribution in [2.75, 3.05) is 13.4 Å². The van der Waals surface area contributed by atoms with Crippen LogP contribution in [-0.2, 0) is 4.74 Å². The van der Waals surface area contributed by atoms with Gasteiger partial charge in [0.2, 0.25) is 0 Å². The van der Waals surface area contributed by atoms with Crippen LogP contribution in [0.25, 0.3) is 10.8 Å². The van der Waals surface area contributed by atoms with Crippen LogP contribution >= 0.6 is 0 Å². The van der Waals surface area contributed by atoms with Crippen LogP contribution in [0.4, 0.5) is 0 Å². The van der Waals surface area contributed by atoms with Crippen molar-refractivity contribution in [3.05, 3.63) is 42.5 Å². The van der Waals surface area contributed by atoms with Gasteiger partial charge in [-0.15, -0.1) is 0 Å². The lowest BCUT2D eigenvalue weighted by atomic mass is 10.1. The number of ether oxygens (including phenoxy) is 2. The second kappa shape index (κ2) is 4.80. The molecule has 0 heterocycles. The van der Waals surface area contributed by atoms with Crippen molar-refractivity contribution in [1.29, 1.82) is 0 Å². The number of fused-ring (bicyclic) bond motifs is 1. The van der Waals surface area contributed by atoms with E-state index in [0.717, 1.165) is 16.5 Å². The van der Waals surface area contributed by atoms with Crippen molar-refractivity contribution >= 4 is 10.8 Å². The van der Waals surface area contributed by atoms with Gasteiger partial charge in [0.05, 0.1) is 0 Å². The number of benzene rings is 2. The van der Waals surface area contributed by atoms with E-state index in [-0.39, 0.29) is 6.79 Å². The molecule has 1 radical (unpaired) electrons. The second-order valence-corrected chi connectivity index (χ2v) is 3.15. The van der Waals surface area contributed by atoms with E-state index < -0.39 is 0 Å². The fourth-order valence-corrected chi connectivity index (χ4v) is 1.44. The SMILES string of the molecule is CCOCOc1[c]ccc2ccccc12. The first-order chi connectivity index (χ1) is 7.42. The van der Waals surface area contributed by atoms with Gasteiger partial charge in [-0.3, -0.25) is 0 Å². The molecule has 77 valence electrons. The Hall–Kier alpha value is -1.54. The molecule has 0 amide bonds. The van der Waals surface area contributed by atoms with Crippen molar-refractivity contribution in [3.8, 4) is 5.75 Å². The summed E-state index contributed by atoms with van der Waals surface area (Å²) in [6.45, 7) is 2.88. The van der Waals surface area contributed by atoms with E-state index in [2.05, 4.69) is 12.1 Å². The molecule has 2 heteroatoms. The largest absolute Gasteiger partial charge is 0.466 e. The lowest BCUT2D eigenvalue weighted by Crippen LogP contribution is -2.02. The Kier molecular flexibility index (Phi) is 3.20. The lowest BCUT2D eigenvalue weighted by molar-refractivity contribution is 0.0232. The maximum absolute atomic E-state index is 5.48. The van der Waals surface area contributed by atoms with Crippen LogP contribution < -0.4 is 4.74 Å². The summed E-state index contributed by atoms with van der Waals surface area (Å²) in [5.41, 5.74) is 0. The zero-order chi connectivity index (χ0) is 10.5. The molecule has 0 atom stereocenters. The molecular formula is C13H13O2. The van der Waals surface area contributed by atoms with Gasteiger partial charge in [0.25, 0.3) is 0 Å². The molecule has 2 rings (SSSR count). The predicted octanol–water partition coefficient (Wildman–Crippen LogP) is 3.01. The zero-order valence-corrected chi connectivity index (χ0v) is 8.69. The standard InChI is InChI=1S/C13H13O2/c1-2-14-10-15-13-9-5-7-11-6-3-4-8-12(11)13/h3-8H,2,10H2,1H3.